The fourth-order valence-corrected chi connectivity index (χ4v) is 2.91. The van der Waals surface area contributed by atoms with Gasteiger partial charge in [-0.1, -0.05) is 11.6 Å². The van der Waals surface area contributed by atoms with Crippen molar-refractivity contribution in [3.05, 3.63) is 84.2 Å². The number of nitrogens with zero attached hydrogens (tertiary/aromatic N) is 3. The number of pyridine rings is 1. The number of thiazole rings is 1. The SMILES string of the molecule is O=c1ccc([N+](=O)[O-])cn1Cc1csc(COc2ccc(Cl)cc2)n1. The van der Waals surface area contributed by atoms with E-state index in [9.17, 15) is 14.9 Å². The van der Waals surface area contributed by atoms with Crippen molar-refractivity contribution in [1.82, 2.24) is 9.55 Å². The van der Waals surface area contributed by atoms with Crippen LogP contribution in [0.5, 0.6) is 5.75 Å². The maximum absolute atomic E-state index is 11.8. The van der Waals surface area contributed by atoms with Gasteiger partial charge in [0.2, 0.25) is 0 Å². The van der Waals surface area contributed by atoms with Gasteiger partial charge in [-0.2, -0.15) is 0 Å². The molecule has 0 saturated heterocycles. The molecule has 2 heterocycles. The predicted octanol–water partition coefficient (Wildman–Crippen LogP) is 3.49. The largest absolute Gasteiger partial charge is 0.486 e. The molecule has 0 aliphatic carbocycles. The Hall–Kier alpha value is -2.71. The molecule has 0 atom stereocenters. The Morgan fingerprint density at radius 1 is 1.24 bits per heavy atom. The summed E-state index contributed by atoms with van der Waals surface area (Å²) >= 11 is 7.21. The molecule has 0 N–H and O–H groups in total. The number of hydrogen-bond acceptors (Lipinski definition) is 6. The summed E-state index contributed by atoms with van der Waals surface area (Å²) in [5.74, 6) is 0.677. The first kappa shape index (κ1) is 17.1. The first-order valence-electron chi connectivity index (χ1n) is 7.18. The zero-order valence-corrected chi connectivity index (χ0v) is 14.4. The summed E-state index contributed by atoms with van der Waals surface area (Å²) in [6.07, 6.45) is 1.21. The molecule has 0 spiro atoms. The van der Waals surface area contributed by atoms with Crippen molar-refractivity contribution in [3.8, 4) is 5.75 Å². The highest BCUT2D eigenvalue weighted by Crippen LogP contribution is 2.18. The lowest BCUT2D eigenvalue weighted by Gasteiger charge is -2.04. The molecule has 0 amide bonds. The highest BCUT2D eigenvalue weighted by atomic mass is 35.5. The molecule has 128 valence electrons. The van der Waals surface area contributed by atoms with Crippen molar-refractivity contribution in [2.75, 3.05) is 0 Å². The van der Waals surface area contributed by atoms with Crippen LogP contribution in [0.15, 0.2) is 52.8 Å². The number of aromatic nitrogens is 2. The summed E-state index contributed by atoms with van der Waals surface area (Å²) in [5.41, 5.74) is 0.181. The van der Waals surface area contributed by atoms with E-state index in [-0.39, 0.29) is 24.4 Å². The number of nitro groups is 1. The quantitative estimate of drug-likeness (QED) is 0.484. The summed E-state index contributed by atoms with van der Waals surface area (Å²) in [7, 11) is 0. The molecule has 7 nitrogen and oxygen atoms in total. The van der Waals surface area contributed by atoms with E-state index in [0.29, 0.717) is 16.5 Å². The van der Waals surface area contributed by atoms with Gasteiger partial charge in [-0.05, 0) is 24.3 Å². The molecule has 25 heavy (non-hydrogen) atoms. The standard InChI is InChI=1S/C16H12ClN3O4S/c17-11-1-4-14(5-2-11)24-9-15-18-12(10-25-15)7-19-8-13(20(22)23)3-6-16(19)21/h1-6,8,10H,7,9H2. The van der Waals surface area contributed by atoms with Crippen LogP contribution in [0.25, 0.3) is 0 Å². The topological polar surface area (TPSA) is 87.3 Å². The predicted molar refractivity (Wildman–Crippen MR) is 94.4 cm³/mol. The summed E-state index contributed by atoms with van der Waals surface area (Å²) in [6, 6.07) is 9.36. The van der Waals surface area contributed by atoms with Gasteiger partial charge < -0.3 is 9.30 Å². The van der Waals surface area contributed by atoms with Crippen molar-refractivity contribution < 1.29 is 9.66 Å². The Labute approximate surface area is 151 Å². The average Bonchev–Trinajstić information content (AvgIpc) is 3.03. The van der Waals surface area contributed by atoms with Gasteiger partial charge in [-0.15, -0.1) is 11.3 Å². The van der Waals surface area contributed by atoms with Crippen LogP contribution in [0.1, 0.15) is 10.7 Å². The number of halogens is 1. The van der Waals surface area contributed by atoms with E-state index in [1.807, 2.05) is 0 Å². The molecule has 0 radical (unpaired) electrons. The first-order chi connectivity index (χ1) is 12.0. The highest BCUT2D eigenvalue weighted by molar-refractivity contribution is 7.09. The fourth-order valence-electron chi connectivity index (χ4n) is 2.09. The Kier molecular flexibility index (Phi) is 5.11. The molecule has 0 unspecified atom stereocenters. The molecule has 0 fully saturated rings. The number of ether oxygens (including phenoxy) is 1. The van der Waals surface area contributed by atoms with Crippen LogP contribution in [0, 0.1) is 10.1 Å². The molecule has 1 aromatic carbocycles. The van der Waals surface area contributed by atoms with E-state index in [1.54, 1.807) is 29.6 Å². The molecule has 0 aliphatic heterocycles. The second-order valence-corrected chi connectivity index (χ2v) is 6.46. The third-order valence-corrected chi connectivity index (χ3v) is 4.41. The van der Waals surface area contributed by atoms with Crippen molar-refractivity contribution in [3.63, 3.8) is 0 Å². The van der Waals surface area contributed by atoms with Crippen LogP contribution in [0.3, 0.4) is 0 Å². The van der Waals surface area contributed by atoms with Gasteiger partial charge in [0.15, 0.2) is 0 Å². The van der Waals surface area contributed by atoms with E-state index in [2.05, 4.69) is 4.98 Å². The van der Waals surface area contributed by atoms with Gasteiger partial charge in [0, 0.05) is 22.5 Å². The fraction of sp³-hybridized carbons (Fsp3) is 0.125. The Morgan fingerprint density at radius 3 is 2.72 bits per heavy atom. The molecule has 3 rings (SSSR count). The second-order valence-electron chi connectivity index (χ2n) is 5.09. The van der Waals surface area contributed by atoms with E-state index in [4.69, 9.17) is 16.3 Å². The smallest absolute Gasteiger partial charge is 0.285 e. The minimum atomic E-state index is -0.539. The zero-order valence-electron chi connectivity index (χ0n) is 12.8. The van der Waals surface area contributed by atoms with Crippen LogP contribution < -0.4 is 10.3 Å². The molecule has 0 bridgehead atoms. The average molecular weight is 378 g/mol. The normalized spacial score (nSPS) is 10.6. The molecule has 3 aromatic rings. The Bertz CT molecular complexity index is 953. The highest BCUT2D eigenvalue weighted by Gasteiger charge is 2.10. The van der Waals surface area contributed by atoms with E-state index in [1.165, 1.54) is 34.2 Å². The third-order valence-electron chi connectivity index (χ3n) is 3.29. The summed E-state index contributed by atoms with van der Waals surface area (Å²) in [6.45, 7) is 0.452. The van der Waals surface area contributed by atoms with Crippen LogP contribution in [-0.4, -0.2) is 14.5 Å². The van der Waals surface area contributed by atoms with Crippen LogP contribution in [0.4, 0.5) is 5.69 Å². The maximum Gasteiger partial charge on any atom is 0.285 e. The lowest BCUT2D eigenvalue weighted by Crippen LogP contribution is -2.19. The molecule has 9 heteroatoms. The van der Waals surface area contributed by atoms with Crippen LogP contribution in [-0.2, 0) is 13.2 Å². The molecular formula is C16H12ClN3O4S. The third kappa shape index (κ3) is 4.43. The molecule has 0 aliphatic rings. The van der Waals surface area contributed by atoms with Gasteiger partial charge in [-0.3, -0.25) is 14.9 Å². The first-order valence-corrected chi connectivity index (χ1v) is 8.43. The Balaban J connectivity index is 1.67. The number of benzene rings is 1. The minimum absolute atomic E-state index is 0.138. The van der Waals surface area contributed by atoms with Crippen molar-refractivity contribution in [1.29, 1.82) is 0 Å². The molecular weight excluding hydrogens is 366 g/mol. The monoisotopic (exact) mass is 377 g/mol. The van der Waals surface area contributed by atoms with E-state index in [0.717, 1.165) is 5.01 Å². The number of rotatable bonds is 6. The lowest BCUT2D eigenvalue weighted by molar-refractivity contribution is -0.385. The maximum atomic E-state index is 11.8. The second kappa shape index (κ2) is 7.45. The minimum Gasteiger partial charge on any atom is -0.486 e. The van der Waals surface area contributed by atoms with Crippen LogP contribution >= 0.6 is 22.9 Å². The van der Waals surface area contributed by atoms with Gasteiger partial charge in [0.25, 0.3) is 11.2 Å². The molecule has 2 aromatic heterocycles. The summed E-state index contributed by atoms with van der Waals surface area (Å²) in [4.78, 5) is 26.5. The van der Waals surface area contributed by atoms with Crippen molar-refractivity contribution >= 4 is 28.6 Å². The van der Waals surface area contributed by atoms with E-state index >= 15 is 0 Å². The van der Waals surface area contributed by atoms with Gasteiger partial charge in [0.1, 0.15) is 17.4 Å². The number of hydrogen-bond donors (Lipinski definition) is 0. The van der Waals surface area contributed by atoms with Gasteiger partial charge >= 0.3 is 0 Å². The summed E-state index contributed by atoms with van der Waals surface area (Å²) in [5, 5.41) is 14.0. The summed E-state index contributed by atoms with van der Waals surface area (Å²) < 4.78 is 6.88. The molecule has 0 saturated carbocycles. The van der Waals surface area contributed by atoms with Crippen molar-refractivity contribution in [2.45, 2.75) is 13.2 Å². The van der Waals surface area contributed by atoms with E-state index < -0.39 is 4.92 Å². The van der Waals surface area contributed by atoms with Gasteiger partial charge in [-0.25, -0.2) is 4.98 Å². The zero-order chi connectivity index (χ0) is 17.8. The Morgan fingerprint density at radius 2 is 2.00 bits per heavy atom. The lowest BCUT2D eigenvalue weighted by atomic mass is 10.3. The van der Waals surface area contributed by atoms with Crippen LogP contribution in [0.2, 0.25) is 5.02 Å². The van der Waals surface area contributed by atoms with Gasteiger partial charge in [0.05, 0.1) is 23.4 Å². The van der Waals surface area contributed by atoms with Crippen molar-refractivity contribution in [2.24, 2.45) is 0 Å².